The van der Waals surface area contributed by atoms with E-state index in [1.54, 1.807) is 0 Å². The first-order valence-electron chi connectivity index (χ1n) is 8.32. The van der Waals surface area contributed by atoms with Crippen molar-refractivity contribution >= 4 is 17.7 Å². The Bertz CT molecular complexity index is 616. The minimum absolute atomic E-state index is 0.107. The van der Waals surface area contributed by atoms with Gasteiger partial charge in [-0.1, -0.05) is 30.3 Å². The molecule has 0 bridgehead atoms. The molecular formula is C17H22N4O3. The van der Waals surface area contributed by atoms with Crippen molar-refractivity contribution in [1.82, 2.24) is 21.1 Å². The molecule has 7 heteroatoms. The van der Waals surface area contributed by atoms with Crippen LogP contribution in [0.1, 0.15) is 31.2 Å². The molecule has 24 heavy (non-hydrogen) atoms. The van der Waals surface area contributed by atoms with Crippen LogP contribution >= 0.6 is 0 Å². The van der Waals surface area contributed by atoms with E-state index < -0.39 is 11.8 Å². The Labute approximate surface area is 140 Å². The van der Waals surface area contributed by atoms with Crippen molar-refractivity contribution < 1.29 is 14.4 Å². The molecule has 2 fully saturated rings. The van der Waals surface area contributed by atoms with Crippen LogP contribution in [0.4, 0.5) is 0 Å². The lowest BCUT2D eigenvalue weighted by molar-refractivity contribution is -0.141. The number of rotatable bonds is 4. The van der Waals surface area contributed by atoms with Gasteiger partial charge in [0.1, 0.15) is 0 Å². The molecule has 0 radical (unpaired) electrons. The molecule has 1 unspecified atom stereocenters. The average Bonchev–Trinajstić information content (AvgIpc) is 3.29. The standard InChI is InChI=1S/C17H22N4O3/c22-15(19-20-17(24)16(23)18-13-8-9-13)14-7-4-10-21(14)11-12-5-2-1-3-6-12/h1-3,5-6,13-14H,4,7-11H2,(H,18,23)(H,19,22)(H,20,24). The number of benzene rings is 1. The van der Waals surface area contributed by atoms with Gasteiger partial charge in [0.2, 0.25) is 0 Å². The molecule has 1 saturated carbocycles. The largest absolute Gasteiger partial charge is 0.345 e. The van der Waals surface area contributed by atoms with E-state index in [1.807, 2.05) is 30.3 Å². The van der Waals surface area contributed by atoms with E-state index in [9.17, 15) is 14.4 Å². The Morgan fingerprint density at radius 3 is 2.46 bits per heavy atom. The van der Waals surface area contributed by atoms with Gasteiger partial charge in [-0.15, -0.1) is 0 Å². The lowest BCUT2D eigenvalue weighted by atomic mass is 10.2. The van der Waals surface area contributed by atoms with Gasteiger partial charge in [-0.05, 0) is 37.8 Å². The summed E-state index contributed by atoms with van der Waals surface area (Å²) in [6.45, 7) is 1.53. The highest BCUT2D eigenvalue weighted by molar-refractivity contribution is 6.35. The highest BCUT2D eigenvalue weighted by atomic mass is 16.2. The van der Waals surface area contributed by atoms with Crippen molar-refractivity contribution in [2.75, 3.05) is 6.54 Å². The maximum absolute atomic E-state index is 12.3. The van der Waals surface area contributed by atoms with E-state index >= 15 is 0 Å². The van der Waals surface area contributed by atoms with Crippen LogP contribution in [0.15, 0.2) is 30.3 Å². The molecule has 3 N–H and O–H groups in total. The van der Waals surface area contributed by atoms with Crippen LogP contribution in [0, 0.1) is 0 Å². The van der Waals surface area contributed by atoms with Gasteiger partial charge in [0.25, 0.3) is 5.91 Å². The van der Waals surface area contributed by atoms with Gasteiger partial charge in [-0.2, -0.15) is 0 Å². The van der Waals surface area contributed by atoms with E-state index in [0.717, 1.165) is 37.8 Å². The Morgan fingerprint density at radius 1 is 1.00 bits per heavy atom. The van der Waals surface area contributed by atoms with E-state index in [2.05, 4.69) is 21.1 Å². The molecule has 1 aliphatic carbocycles. The molecule has 1 atom stereocenters. The summed E-state index contributed by atoms with van der Waals surface area (Å²) in [5.41, 5.74) is 5.72. The third kappa shape index (κ3) is 4.32. The maximum atomic E-state index is 12.3. The number of hydrazine groups is 1. The van der Waals surface area contributed by atoms with Crippen LogP contribution in [0.2, 0.25) is 0 Å². The smallest absolute Gasteiger partial charge is 0.327 e. The first-order chi connectivity index (χ1) is 11.6. The molecule has 3 rings (SSSR count). The van der Waals surface area contributed by atoms with Crippen LogP contribution < -0.4 is 16.2 Å². The Morgan fingerprint density at radius 2 is 1.75 bits per heavy atom. The lowest BCUT2D eigenvalue weighted by Crippen LogP contribution is -2.53. The summed E-state index contributed by atoms with van der Waals surface area (Å²) in [5, 5.41) is 2.58. The molecule has 2 aliphatic rings. The van der Waals surface area contributed by atoms with E-state index in [4.69, 9.17) is 0 Å². The van der Waals surface area contributed by atoms with Crippen LogP contribution in [0.5, 0.6) is 0 Å². The van der Waals surface area contributed by atoms with Crippen molar-refractivity contribution in [1.29, 1.82) is 0 Å². The first kappa shape index (κ1) is 16.4. The number of carbonyl (C=O) groups is 3. The molecule has 128 valence electrons. The average molecular weight is 330 g/mol. The summed E-state index contributed by atoms with van der Waals surface area (Å²) in [5.74, 6) is -1.82. The fourth-order valence-electron chi connectivity index (χ4n) is 2.87. The summed E-state index contributed by atoms with van der Waals surface area (Å²) in [6.07, 6.45) is 3.48. The summed E-state index contributed by atoms with van der Waals surface area (Å²) in [6, 6.07) is 9.76. The molecule has 7 nitrogen and oxygen atoms in total. The first-order valence-corrected chi connectivity index (χ1v) is 8.32. The third-order valence-electron chi connectivity index (χ3n) is 4.31. The van der Waals surface area contributed by atoms with Crippen molar-refractivity contribution in [2.45, 2.75) is 44.3 Å². The Balaban J connectivity index is 1.48. The number of amides is 3. The molecule has 0 spiro atoms. The summed E-state index contributed by atoms with van der Waals surface area (Å²) >= 11 is 0. The fraction of sp³-hybridized carbons (Fsp3) is 0.471. The Hall–Kier alpha value is -2.41. The second-order valence-corrected chi connectivity index (χ2v) is 6.31. The summed E-state index contributed by atoms with van der Waals surface area (Å²) in [4.78, 5) is 37.6. The maximum Gasteiger partial charge on any atom is 0.327 e. The third-order valence-corrected chi connectivity index (χ3v) is 4.31. The predicted octanol–water partition coefficient (Wildman–Crippen LogP) is 0.0770. The van der Waals surface area contributed by atoms with Crippen LogP contribution in [0.25, 0.3) is 0 Å². The number of nitrogens with one attached hydrogen (secondary N) is 3. The van der Waals surface area contributed by atoms with Gasteiger partial charge in [0.15, 0.2) is 0 Å². The second kappa shape index (κ2) is 7.44. The van der Waals surface area contributed by atoms with Gasteiger partial charge in [0, 0.05) is 12.6 Å². The SMILES string of the molecule is O=C(NNC(=O)C1CCCN1Cc1ccccc1)C(=O)NC1CC1. The van der Waals surface area contributed by atoms with Gasteiger partial charge in [0.05, 0.1) is 6.04 Å². The normalized spacial score (nSPS) is 20.4. The fourth-order valence-corrected chi connectivity index (χ4v) is 2.87. The molecule has 1 saturated heterocycles. The Kier molecular flexibility index (Phi) is 5.10. The van der Waals surface area contributed by atoms with Crippen molar-refractivity contribution in [3.05, 3.63) is 35.9 Å². The summed E-state index contributed by atoms with van der Waals surface area (Å²) in [7, 11) is 0. The number of hydrogen-bond acceptors (Lipinski definition) is 4. The number of hydrogen-bond donors (Lipinski definition) is 3. The molecule has 1 heterocycles. The highest BCUT2D eigenvalue weighted by Crippen LogP contribution is 2.20. The molecular weight excluding hydrogens is 308 g/mol. The van der Waals surface area contributed by atoms with Crippen molar-refractivity contribution in [3.8, 4) is 0 Å². The van der Waals surface area contributed by atoms with Gasteiger partial charge >= 0.3 is 11.8 Å². The van der Waals surface area contributed by atoms with Crippen LogP contribution in [-0.2, 0) is 20.9 Å². The molecule has 1 aliphatic heterocycles. The van der Waals surface area contributed by atoms with Gasteiger partial charge < -0.3 is 5.32 Å². The number of likely N-dealkylation sites (tertiary alicyclic amines) is 1. The van der Waals surface area contributed by atoms with E-state index in [0.29, 0.717) is 6.54 Å². The monoisotopic (exact) mass is 330 g/mol. The zero-order valence-corrected chi connectivity index (χ0v) is 13.5. The van der Waals surface area contributed by atoms with Crippen molar-refractivity contribution in [2.24, 2.45) is 0 Å². The van der Waals surface area contributed by atoms with Crippen LogP contribution in [-0.4, -0.2) is 41.2 Å². The number of carbonyl (C=O) groups excluding carboxylic acids is 3. The lowest BCUT2D eigenvalue weighted by Gasteiger charge is -2.23. The second-order valence-electron chi connectivity index (χ2n) is 6.31. The van der Waals surface area contributed by atoms with Gasteiger partial charge in [-0.3, -0.25) is 30.1 Å². The number of nitrogens with zero attached hydrogens (tertiary/aromatic N) is 1. The summed E-state index contributed by atoms with van der Waals surface area (Å²) < 4.78 is 0. The molecule has 0 aromatic heterocycles. The minimum atomic E-state index is -0.831. The topological polar surface area (TPSA) is 90.5 Å². The quantitative estimate of drug-likeness (QED) is 0.539. The van der Waals surface area contributed by atoms with E-state index in [-0.39, 0.29) is 18.0 Å². The molecule has 3 amide bonds. The predicted molar refractivity (Wildman–Crippen MR) is 87.3 cm³/mol. The highest BCUT2D eigenvalue weighted by Gasteiger charge is 2.31. The molecule has 1 aromatic carbocycles. The van der Waals surface area contributed by atoms with E-state index in [1.165, 1.54) is 0 Å². The van der Waals surface area contributed by atoms with Crippen LogP contribution in [0.3, 0.4) is 0 Å². The van der Waals surface area contributed by atoms with Crippen molar-refractivity contribution in [3.63, 3.8) is 0 Å². The zero-order valence-electron chi connectivity index (χ0n) is 13.5. The van der Waals surface area contributed by atoms with Gasteiger partial charge in [-0.25, -0.2) is 0 Å². The zero-order chi connectivity index (χ0) is 16.9. The minimum Gasteiger partial charge on any atom is -0.345 e. The molecule has 1 aromatic rings.